The van der Waals surface area contributed by atoms with Gasteiger partial charge in [0, 0.05) is 24.7 Å². The fraction of sp³-hybridized carbons (Fsp3) is 0.435. The van der Waals surface area contributed by atoms with E-state index in [1.165, 1.54) is 0 Å². The number of nitrogens with one attached hydrogen (secondary N) is 1. The number of rotatable bonds is 8. The summed E-state index contributed by atoms with van der Waals surface area (Å²) in [6.45, 7) is 1.09. The van der Waals surface area contributed by atoms with Crippen LogP contribution in [0.3, 0.4) is 0 Å². The Morgan fingerprint density at radius 3 is 2.52 bits per heavy atom. The molecule has 3 rings (SSSR count). The van der Waals surface area contributed by atoms with E-state index in [4.69, 9.17) is 21.1 Å². The Hall–Kier alpha value is -2.32. The van der Waals surface area contributed by atoms with E-state index in [2.05, 4.69) is 5.32 Å². The third-order valence-corrected chi connectivity index (χ3v) is 5.84. The Morgan fingerprint density at radius 2 is 1.84 bits per heavy atom. The molecule has 2 atom stereocenters. The summed E-state index contributed by atoms with van der Waals surface area (Å²) in [7, 11) is 3.15. The van der Waals surface area contributed by atoms with E-state index in [0.717, 1.165) is 11.1 Å². The van der Waals surface area contributed by atoms with Crippen LogP contribution in [-0.4, -0.2) is 66.6 Å². The molecule has 2 aromatic carbocycles. The van der Waals surface area contributed by atoms with Gasteiger partial charge in [-0.2, -0.15) is 0 Å². The number of hydrogen-bond donors (Lipinski definition) is 3. The molecule has 168 valence electrons. The van der Waals surface area contributed by atoms with E-state index in [-0.39, 0.29) is 25.4 Å². The van der Waals surface area contributed by atoms with Crippen molar-refractivity contribution in [2.45, 2.75) is 31.1 Å². The second kappa shape index (κ2) is 10.3. The molecule has 1 fully saturated rings. The second-order valence-corrected chi connectivity index (χ2v) is 8.26. The highest BCUT2D eigenvalue weighted by Gasteiger charge is 2.42. The van der Waals surface area contributed by atoms with Gasteiger partial charge in [-0.1, -0.05) is 29.8 Å². The van der Waals surface area contributed by atoms with Crippen molar-refractivity contribution in [2.75, 3.05) is 33.9 Å². The third kappa shape index (κ3) is 5.89. The zero-order valence-corrected chi connectivity index (χ0v) is 18.6. The maximum absolute atomic E-state index is 12.7. The predicted molar refractivity (Wildman–Crippen MR) is 119 cm³/mol. The first-order valence-electron chi connectivity index (χ1n) is 10.2. The zero-order valence-electron chi connectivity index (χ0n) is 17.8. The summed E-state index contributed by atoms with van der Waals surface area (Å²) < 4.78 is 10.6. The molecule has 7 nitrogen and oxygen atoms in total. The van der Waals surface area contributed by atoms with Crippen LogP contribution in [0.5, 0.6) is 11.5 Å². The zero-order chi connectivity index (χ0) is 22.4. The number of β-amino-alcohol motifs (C(OH)–C–C–N with tert-alkyl or cyclic N) is 1. The van der Waals surface area contributed by atoms with Gasteiger partial charge in [0.15, 0.2) is 11.5 Å². The van der Waals surface area contributed by atoms with Gasteiger partial charge in [-0.05, 0) is 41.8 Å². The summed E-state index contributed by atoms with van der Waals surface area (Å²) in [5, 5.41) is 25.3. The third-order valence-electron chi connectivity index (χ3n) is 5.59. The molecule has 1 heterocycles. The molecule has 0 bridgehead atoms. The average molecular weight is 449 g/mol. The first-order valence-corrected chi connectivity index (χ1v) is 10.6. The van der Waals surface area contributed by atoms with Crippen molar-refractivity contribution in [3.63, 3.8) is 0 Å². The molecule has 0 saturated carbocycles. The van der Waals surface area contributed by atoms with Crippen LogP contribution in [0.15, 0.2) is 42.5 Å². The minimum atomic E-state index is -1.43. The Morgan fingerprint density at radius 1 is 1.16 bits per heavy atom. The first kappa shape index (κ1) is 23.3. The fourth-order valence-corrected chi connectivity index (χ4v) is 3.88. The summed E-state index contributed by atoms with van der Waals surface area (Å²) in [6, 6.07) is 12.7. The van der Waals surface area contributed by atoms with E-state index >= 15 is 0 Å². The number of aliphatic hydroxyl groups excluding tert-OH is 1. The molecular formula is C23H29ClN2O5. The lowest BCUT2D eigenvalue weighted by atomic mass is 9.89. The topological polar surface area (TPSA) is 91.3 Å². The predicted octanol–water partition coefficient (Wildman–Crippen LogP) is 2.01. The van der Waals surface area contributed by atoms with E-state index in [9.17, 15) is 15.0 Å². The van der Waals surface area contributed by atoms with Crippen molar-refractivity contribution in [3.8, 4) is 11.5 Å². The number of benzene rings is 2. The quantitative estimate of drug-likeness (QED) is 0.572. The van der Waals surface area contributed by atoms with Gasteiger partial charge in [0.25, 0.3) is 0 Å². The number of carbonyl (C=O) groups excluding carboxylic acids is 1. The summed E-state index contributed by atoms with van der Waals surface area (Å²) in [4.78, 5) is 14.3. The van der Waals surface area contributed by atoms with E-state index < -0.39 is 11.7 Å². The number of aliphatic hydroxyl groups is 2. The Kier molecular flexibility index (Phi) is 7.78. The molecule has 0 unspecified atom stereocenters. The Balaban J connectivity index is 1.58. The van der Waals surface area contributed by atoms with Crippen molar-refractivity contribution >= 4 is 17.5 Å². The Labute approximate surface area is 187 Å². The van der Waals surface area contributed by atoms with Gasteiger partial charge in [0.2, 0.25) is 5.91 Å². The standard InChI is InChI=1S/C23H29ClN2O5/c1-30-19-8-5-17(11-20(19)31-2)13-25-14-23(29)15-26(10-9-21(23)27)22(28)12-16-3-6-18(24)7-4-16/h3-8,11,21,25,27,29H,9-10,12-15H2,1-2H3/t21-,23+/m1/s1. The lowest BCUT2D eigenvalue weighted by molar-refractivity contribution is -0.150. The summed E-state index contributed by atoms with van der Waals surface area (Å²) in [5.74, 6) is 1.17. The van der Waals surface area contributed by atoms with Gasteiger partial charge in [0.1, 0.15) is 5.60 Å². The molecule has 0 aliphatic carbocycles. The van der Waals surface area contributed by atoms with Crippen molar-refractivity contribution in [2.24, 2.45) is 0 Å². The van der Waals surface area contributed by atoms with Crippen molar-refractivity contribution in [3.05, 3.63) is 58.6 Å². The number of likely N-dealkylation sites (tertiary alicyclic amines) is 1. The van der Waals surface area contributed by atoms with Crippen molar-refractivity contribution in [1.29, 1.82) is 0 Å². The van der Waals surface area contributed by atoms with Gasteiger partial charge in [0.05, 0.1) is 33.3 Å². The molecule has 3 N–H and O–H groups in total. The van der Waals surface area contributed by atoms with Crippen LogP contribution in [0.1, 0.15) is 17.5 Å². The number of halogens is 1. The number of amides is 1. The lowest BCUT2D eigenvalue weighted by Crippen LogP contribution is -2.62. The number of hydrogen-bond acceptors (Lipinski definition) is 6. The molecule has 0 radical (unpaired) electrons. The van der Waals surface area contributed by atoms with Gasteiger partial charge in [-0.15, -0.1) is 0 Å². The lowest BCUT2D eigenvalue weighted by Gasteiger charge is -2.43. The molecule has 1 amide bonds. The molecule has 8 heteroatoms. The summed E-state index contributed by atoms with van der Waals surface area (Å²) in [5.41, 5.74) is 0.377. The maximum Gasteiger partial charge on any atom is 0.227 e. The number of piperidine rings is 1. The monoisotopic (exact) mass is 448 g/mol. The van der Waals surface area contributed by atoms with Crippen molar-refractivity contribution < 1.29 is 24.5 Å². The van der Waals surface area contributed by atoms with E-state index in [1.54, 1.807) is 31.3 Å². The smallest absolute Gasteiger partial charge is 0.227 e. The van der Waals surface area contributed by atoms with Crippen LogP contribution < -0.4 is 14.8 Å². The average Bonchev–Trinajstić information content (AvgIpc) is 2.77. The van der Waals surface area contributed by atoms with Crippen molar-refractivity contribution in [1.82, 2.24) is 10.2 Å². The van der Waals surface area contributed by atoms with Crippen LogP contribution in [0.25, 0.3) is 0 Å². The number of methoxy groups -OCH3 is 2. The minimum Gasteiger partial charge on any atom is -0.493 e. The Bertz CT molecular complexity index is 892. The molecule has 1 aliphatic heterocycles. The molecular weight excluding hydrogens is 420 g/mol. The molecule has 2 aromatic rings. The van der Waals surface area contributed by atoms with Gasteiger partial charge >= 0.3 is 0 Å². The minimum absolute atomic E-state index is 0.0690. The molecule has 0 spiro atoms. The largest absolute Gasteiger partial charge is 0.493 e. The summed E-state index contributed by atoms with van der Waals surface area (Å²) >= 11 is 5.90. The fourth-order valence-electron chi connectivity index (χ4n) is 3.75. The highest BCUT2D eigenvalue weighted by Crippen LogP contribution is 2.28. The molecule has 1 saturated heterocycles. The van der Waals surface area contributed by atoms with E-state index in [1.807, 2.05) is 30.3 Å². The van der Waals surface area contributed by atoms with Crippen LogP contribution in [0.2, 0.25) is 5.02 Å². The van der Waals surface area contributed by atoms with E-state index in [0.29, 0.717) is 36.0 Å². The van der Waals surface area contributed by atoms with Crippen LogP contribution in [0, 0.1) is 0 Å². The molecule has 1 aliphatic rings. The molecule has 31 heavy (non-hydrogen) atoms. The highest BCUT2D eigenvalue weighted by atomic mass is 35.5. The van der Waals surface area contributed by atoms with Crippen LogP contribution in [0.4, 0.5) is 0 Å². The van der Waals surface area contributed by atoms with Crippen LogP contribution in [-0.2, 0) is 17.8 Å². The van der Waals surface area contributed by atoms with Crippen LogP contribution >= 0.6 is 11.6 Å². The van der Waals surface area contributed by atoms with Gasteiger partial charge in [-0.25, -0.2) is 0 Å². The second-order valence-electron chi connectivity index (χ2n) is 7.82. The maximum atomic E-state index is 12.7. The number of ether oxygens (including phenoxy) is 2. The van der Waals surface area contributed by atoms with Gasteiger partial charge in [-0.3, -0.25) is 4.79 Å². The van der Waals surface area contributed by atoms with Gasteiger partial charge < -0.3 is 29.9 Å². The number of carbonyl (C=O) groups is 1. The SMILES string of the molecule is COc1ccc(CNC[C@]2(O)CN(C(=O)Cc3ccc(Cl)cc3)CC[C@H]2O)cc1OC. The molecule has 0 aromatic heterocycles. The first-order chi connectivity index (χ1) is 14.8. The normalized spacial score (nSPS) is 21.1. The summed E-state index contributed by atoms with van der Waals surface area (Å²) in [6.07, 6.45) is -0.367. The number of nitrogens with zero attached hydrogens (tertiary/aromatic N) is 1. The highest BCUT2D eigenvalue weighted by molar-refractivity contribution is 6.30.